The van der Waals surface area contributed by atoms with E-state index in [9.17, 15) is 0 Å². The summed E-state index contributed by atoms with van der Waals surface area (Å²) in [6.07, 6.45) is 2.93. The van der Waals surface area contributed by atoms with Gasteiger partial charge in [-0.2, -0.15) is 0 Å². The highest BCUT2D eigenvalue weighted by atomic mass is 16.5. The lowest BCUT2D eigenvalue weighted by Crippen LogP contribution is -2.18. The fourth-order valence-corrected chi connectivity index (χ4v) is 2.07. The molecule has 1 atom stereocenters. The number of hydrogen-bond donors (Lipinski definition) is 1. The van der Waals surface area contributed by atoms with E-state index < -0.39 is 0 Å². The number of rotatable bonds is 6. The molecule has 106 valence electrons. The van der Waals surface area contributed by atoms with Crippen LogP contribution in [0.3, 0.4) is 0 Å². The van der Waals surface area contributed by atoms with Crippen LogP contribution in [0.5, 0.6) is 5.88 Å². The van der Waals surface area contributed by atoms with Gasteiger partial charge in [-0.1, -0.05) is 37.3 Å². The third-order valence-corrected chi connectivity index (χ3v) is 3.51. The minimum Gasteiger partial charge on any atom is -0.481 e. The molecule has 2 rings (SSSR count). The molecule has 1 unspecified atom stereocenters. The van der Waals surface area contributed by atoms with E-state index in [0.717, 1.165) is 18.5 Å². The number of hydrogen-bond acceptors (Lipinski definition) is 3. The lowest BCUT2D eigenvalue weighted by molar-refractivity contribution is 0.397. The van der Waals surface area contributed by atoms with Gasteiger partial charge in [0, 0.05) is 24.8 Å². The van der Waals surface area contributed by atoms with Crippen LogP contribution in [0.25, 0.3) is 0 Å². The van der Waals surface area contributed by atoms with Gasteiger partial charge in [-0.3, -0.25) is 0 Å². The molecule has 0 bridgehead atoms. The summed E-state index contributed by atoms with van der Waals surface area (Å²) in [5.41, 5.74) is 3.84. The molecule has 3 heteroatoms. The Morgan fingerprint density at radius 1 is 1.10 bits per heavy atom. The molecule has 1 heterocycles. The Hall–Kier alpha value is -1.87. The van der Waals surface area contributed by atoms with E-state index in [1.165, 1.54) is 11.1 Å². The summed E-state index contributed by atoms with van der Waals surface area (Å²) in [5, 5.41) is 3.51. The van der Waals surface area contributed by atoms with Gasteiger partial charge in [0.1, 0.15) is 0 Å². The minimum absolute atomic E-state index is 0.322. The van der Waals surface area contributed by atoms with E-state index in [0.29, 0.717) is 11.9 Å². The van der Waals surface area contributed by atoms with Gasteiger partial charge in [-0.15, -0.1) is 0 Å². The molecule has 1 aromatic heterocycles. The van der Waals surface area contributed by atoms with Crippen LogP contribution in [0.4, 0.5) is 0 Å². The molecule has 0 spiro atoms. The monoisotopic (exact) mass is 270 g/mol. The Bertz CT molecular complexity index is 520. The summed E-state index contributed by atoms with van der Waals surface area (Å²) >= 11 is 0. The number of benzene rings is 1. The molecular formula is C17H22N2O. The molecule has 3 nitrogen and oxygen atoms in total. The molecule has 0 amide bonds. The number of aromatic nitrogens is 1. The lowest BCUT2D eigenvalue weighted by atomic mass is 10.0. The maximum absolute atomic E-state index is 5.05. The summed E-state index contributed by atoms with van der Waals surface area (Å²) in [6, 6.07) is 13.0. The highest BCUT2D eigenvalue weighted by molar-refractivity contribution is 5.25. The van der Waals surface area contributed by atoms with Crippen LogP contribution in [0.2, 0.25) is 0 Å². The molecule has 0 aliphatic heterocycles. The zero-order valence-electron chi connectivity index (χ0n) is 12.4. The molecule has 0 saturated heterocycles. The van der Waals surface area contributed by atoms with Crippen molar-refractivity contribution in [2.24, 2.45) is 0 Å². The zero-order chi connectivity index (χ0) is 14.4. The van der Waals surface area contributed by atoms with E-state index in [4.69, 9.17) is 4.74 Å². The molecule has 2 aromatic rings. The van der Waals surface area contributed by atoms with Gasteiger partial charge in [-0.05, 0) is 30.0 Å². The van der Waals surface area contributed by atoms with Crippen molar-refractivity contribution in [1.82, 2.24) is 10.3 Å². The Labute approximate surface area is 121 Å². The van der Waals surface area contributed by atoms with Crippen LogP contribution in [-0.2, 0) is 13.0 Å². The molecule has 1 aromatic carbocycles. The Morgan fingerprint density at radius 3 is 2.35 bits per heavy atom. The fraction of sp³-hybridized carbons (Fsp3) is 0.353. The smallest absolute Gasteiger partial charge is 0.212 e. The first kappa shape index (κ1) is 14.5. The van der Waals surface area contributed by atoms with Crippen molar-refractivity contribution in [1.29, 1.82) is 0 Å². The SMILES string of the molecule is CCc1ccc(C(C)NCc2ccc(OC)nc2)cc1. The van der Waals surface area contributed by atoms with E-state index >= 15 is 0 Å². The first-order valence-corrected chi connectivity index (χ1v) is 7.04. The highest BCUT2D eigenvalue weighted by Crippen LogP contribution is 2.15. The number of ether oxygens (including phenoxy) is 1. The quantitative estimate of drug-likeness (QED) is 0.872. The molecule has 20 heavy (non-hydrogen) atoms. The van der Waals surface area contributed by atoms with Crippen LogP contribution in [-0.4, -0.2) is 12.1 Å². The lowest BCUT2D eigenvalue weighted by Gasteiger charge is -2.14. The third-order valence-electron chi connectivity index (χ3n) is 3.51. The third kappa shape index (κ3) is 3.81. The molecule has 0 aliphatic rings. The number of aryl methyl sites for hydroxylation is 1. The van der Waals surface area contributed by atoms with Gasteiger partial charge in [-0.25, -0.2) is 4.98 Å². The second kappa shape index (κ2) is 7.06. The van der Waals surface area contributed by atoms with Gasteiger partial charge >= 0.3 is 0 Å². The van der Waals surface area contributed by atoms with E-state index in [2.05, 4.69) is 48.4 Å². The Balaban J connectivity index is 1.91. The summed E-state index contributed by atoms with van der Waals surface area (Å²) in [7, 11) is 1.63. The van der Waals surface area contributed by atoms with E-state index in [1.54, 1.807) is 7.11 Å². The van der Waals surface area contributed by atoms with Gasteiger partial charge in [0.15, 0.2) is 0 Å². The molecule has 0 fully saturated rings. The summed E-state index contributed by atoms with van der Waals surface area (Å²) in [4.78, 5) is 4.21. The van der Waals surface area contributed by atoms with Gasteiger partial charge in [0.2, 0.25) is 5.88 Å². The molecule has 0 aliphatic carbocycles. The largest absolute Gasteiger partial charge is 0.481 e. The second-order valence-corrected chi connectivity index (χ2v) is 4.91. The first-order valence-electron chi connectivity index (χ1n) is 7.04. The number of methoxy groups -OCH3 is 1. The van der Waals surface area contributed by atoms with Crippen molar-refractivity contribution in [3.8, 4) is 5.88 Å². The molecule has 0 saturated carbocycles. The zero-order valence-corrected chi connectivity index (χ0v) is 12.4. The average molecular weight is 270 g/mol. The summed E-state index contributed by atoms with van der Waals surface area (Å²) in [6.45, 7) is 5.15. The van der Waals surface area contributed by atoms with E-state index in [1.807, 2.05) is 18.3 Å². The maximum atomic E-state index is 5.05. The Kier molecular flexibility index (Phi) is 5.13. The molecule has 0 radical (unpaired) electrons. The topological polar surface area (TPSA) is 34.1 Å². The van der Waals surface area contributed by atoms with Crippen molar-refractivity contribution in [3.05, 3.63) is 59.3 Å². The predicted molar refractivity (Wildman–Crippen MR) is 81.9 cm³/mol. The van der Waals surface area contributed by atoms with Crippen LogP contribution in [0, 0.1) is 0 Å². The van der Waals surface area contributed by atoms with Crippen LogP contribution >= 0.6 is 0 Å². The van der Waals surface area contributed by atoms with Crippen LogP contribution in [0.1, 0.15) is 36.6 Å². The van der Waals surface area contributed by atoms with Crippen LogP contribution in [0.15, 0.2) is 42.6 Å². The summed E-state index contributed by atoms with van der Waals surface area (Å²) < 4.78 is 5.05. The normalized spacial score (nSPS) is 12.2. The van der Waals surface area contributed by atoms with E-state index in [-0.39, 0.29) is 0 Å². The first-order chi connectivity index (χ1) is 9.72. The van der Waals surface area contributed by atoms with Crippen molar-refractivity contribution in [2.45, 2.75) is 32.9 Å². The van der Waals surface area contributed by atoms with Crippen molar-refractivity contribution >= 4 is 0 Å². The van der Waals surface area contributed by atoms with Gasteiger partial charge < -0.3 is 10.1 Å². The minimum atomic E-state index is 0.322. The van der Waals surface area contributed by atoms with Crippen LogP contribution < -0.4 is 10.1 Å². The number of nitrogens with one attached hydrogen (secondary N) is 1. The standard InChI is InChI=1S/C17H22N2O/c1-4-14-5-8-16(9-6-14)13(2)18-11-15-7-10-17(20-3)19-12-15/h5-10,12-13,18H,4,11H2,1-3H3. The van der Waals surface area contributed by atoms with Crippen molar-refractivity contribution in [3.63, 3.8) is 0 Å². The number of nitrogens with zero attached hydrogens (tertiary/aromatic N) is 1. The summed E-state index contributed by atoms with van der Waals surface area (Å²) in [5.74, 6) is 0.650. The second-order valence-electron chi connectivity index (χ2n) is 4.91. The average Bonchev–Trinajstić information content (AvgIpc) is 2.53. The van der Waals surface area contributed by atoms with Crippen molar-refractivity contribution < 1.29 is 4.74 Å². The predicted octanol–water partition coefficient (Wildman–Crippen LogP) is 3.50. The molecular weight excluding hydrogens is 248 g/mol. The molecule has 1 N–H and O–H groups in total. The van der Waals surface area contributed by atoms with Gasteiger partial charge in [0.05, 0.1) is 7.11 Å². The maximum Gasteiger partial charge on any atom is 0.212 e. The Morgan fingerprint density at radius 2 is 1.80 bits per heavy atom. The van der Waals surface area contributed by atoms with Gasteiger partial charge in [0.25, 0.3) is 0 Å². The van der Waals surface area contributed by atoms with Crippen molar-refractivity contribution in [2.75, 3.05) is 7.11 Å². The number of pyridine rings is 1. The highest BCUT2D eigenvalue weighted by Gasteiger charge is 2.05. The fourth-order valence-electron chi connectivity index (χ4n) is 2.07.